The van der Waals surface area contributed by atoms with Crippen molar-refractivity contribution in [1.29, 1.82) is 0 Å². The van der Waals surface area contributed by atoms with Crippen LogP contribution in [0, 0.1) is 5.92 Å². The van der Waals surface area contributed by atoms with Crippen molar-refractivity contribution >= 4 is 18.0 Å². The zero-order valence-electron chi connectivity index (χ0n) is 12.2. The van der Waals surface area contributed by atoms with Gasteiger partial charge in [-0.1, -0.05) is 0 Å². The average molecular weight is 302 g/mol. The Balaban J connectivity index is 2.48. The van der Waals surface area contributed by atoms with E-state index < -0.39 is 24.1 Å². The van der Waals surface area contributed by atoms with Crippen LogP contribution in [0.1, 0.15) is 26.7 Å². The molecule has 0 aromatic heterocycles. The van der Waals surface area contributed by atoms with E-state index in [1.807, 2.05) is 0 Å². The standard InChI is InChI=1S/C13H22N2O6/c1-3-21-12(19)9-4-6-15(7-5-9)13(20)14-10(8(2)16)11(17)18/h8-10,16H,3-7H2,1-2H3,(H,14,20)(H,17,18). The summed E-state index contributed by atoms with van der Waals surface area (Å²) in [6.45, 7) is 4.06. The summed E-state index contributed by atoms with van der Waals surface area (Å²) in [6, 6.07) is -1.90. The van der Waals surface area contributed by atoms with Gasteiger partial charge in [-0.15, -0.1) is 0 Å². The number of hydrogen-bond acceptors (Lipinski definition) is 5. The number of carboxylic acids is 1. The van der Waals surface area contributed by atoms with Crippen LogP contribution in [-0.4, -0.2) is 64.9 Å². The van der Waals surface area contributed by atoms with E-state index in [1.165, 1.54) is 11.8 Å². The molecule has 21 heavy (non-hydrogen) atoms. The van der Waals surface area contributed by atoms with Crippen LogP contribution in [0.3, 0.4) is 0 Å². The normalized spacial score (nSPS) is 18.7. The van der Waals surface area contributed by atoms with Gasteiger partial charge in [0.2, 0.25) is 0 Å². The summed E-state index contributed by atoms with van der Waals surface area (Å²) >= 11 is 0. The number of nitrogens with one attached hydrogen (secondary N) is 1. The first-order chi connectivity index (χ1) is 9.86. The van der Waals surface area contributed by atoms with E-state index in [2.05, 4.69) is 5.32 Å². The highest BCUT2D eigenvalue weighted by Crippen LogP contribution is 2.18. The number of urea groups is 1. The first-order valence-corrected chi connectivity index (χ1v) is 6.99. The smallest absolute Gasteiger partial charge is 0.328 e. The third-order valence-corrected chi connectivity index (χ3v) is 3.43. The van der Waals surface area contributed by atoms with Crippen LogP contribution in [0.4, 0.5) is 4.79 Å². The Morgan fingerprint density at radius 3 is 2.33 bits per heavy atom. The van der Waals surface area contributed by atoms with Gasteiger partial charge < -0.3 is 25.2 Å². The molecule has 0 aromatic rings. The molecule has 0 saturated carbocycles. The highest BCUT2D eigenvalue weighted by Gasteiger charge is 2.31. The minimum absolute atomic E-state index is 0.221. The number of hydrogen-bond donors (Lipinski definition) is 3. The largest absolute Gasteiger partial charge is 0.480 e. The lowest BCUT2D eigenvalue weighted by molar-refractivity contribution is -0.149. The molecule has 0 radical (unpaired) electrons. The maximum absolute atomic E-state index is 11.9. The SMILES string of the molecule is CCOC(=O)C1CCN(C(=O)NC(C(=O)O)C(C)O)CC1. The summed E-state index contributed by atoms with van der Waals surface area (Å²) in [5.74, 6) is -1.77. The number of aliphatic hydroxyl groups excluding tert-OH is 1. The second-order valence-corrected chi connectivity index (χ2v) is 5.02. The van der Waals surface area contributed by atoms with E-state index in [1.54, 1.807) is 6.92 Å². The Bertz CT molecular complexity index is 390. The van der Waals surface area contributed by atoms with Crippen molar-refractivity contribution in [3.8, 4) is 0 Å². The first-order valence-electron chi connectivity index (χ1n) is 6.99. The van der Waals surface area contributed by atoms with Crippen LogP contribution in [0.2, 0.25) is 0 Å². The number of likely N-dealkylation sites (tertiary alicyclic amines) is 1. The van der Waals surface area contributed by atoms with E-state index in [0.717, 1.165) is 0 Å². The number of carboxylic acid groups (broad SMARTS) is 1. The fraction of sp³-hybridized carbons (Fsp3) is 0.769. The molecule has 0 bridgehead atoms. The van der Waals surface area contributed by atoms with Crippen molar-refractivity contribution in [3.63, 3.8) is 0 Å². The lowest BCUT2D eigenvalue weighted by Crippen LogP contribution is -2.54. The molecule has 0 aliphatic carbocycles. The molecule has 2 amide bonds. The van der Waals surface area contributed by atoms with Crippen molar-refractivity contribution < 1.29 is 29.3 Å². The summed E-state index contributed by atoms with van der Waals surface area (Å²) in [6.07, 6.45) is -0.222. The molecule has 3 N–H and O–H groups in total. The van der Waals surface area contributed by atoms with E-state index in [4.69, 9.17) is 9.84 Å². The fourth-order valence-electron chi connectivity index (χ4n) is 2.19. The summed E-state index contributed by atoms with van der Waals surface area (Å²) in [7, 11) is 0. The zero-order chi connectivity index (χ0) is 16.0. The highest BCUT2D eigenvalue weighted by molar-refractivity contribution is 5.83. The quantitative estimate of drug-likeness (QED) is 0.606. The van der Waals surface area contributed by atoms with Crippen LogP contribution >= 0.6 is 0 Å². The average Bonchev–Trinajstić information content (AvgIpc) is 2.44. The zero-order valence-corrected chi connectivity index (χ0v) is 12.2. The van der Waals surface area contributed by atoms with Crippen molar-refractivity contribution in [2.24, 2.45) is 5.92 Å². The van der Waals surface area contributed by atoms with E-state index >= 15 is 0 Å². The fourth-order valence-corrected chi connectivity index (χ4v) is 2.19. The van der Waals surface area contributed by atoms with Gasteiger partial charge in [0.15, 0.2) is 6.04 Å². The number of carbonyl (C=O) groups excluding carboxylic acids is 2. The monoisotopic (exact) mass is 302 g/mol. The molecular weight excluding hydrogens is 280 g/mol. The number of piperidine rings is 1. The van der Waals surface area contributed by atoms with Gasteiger partial charge in [-0.05, 0) is 26.7 Å². The summed E-state index contributed by atoms with van der Waals surface area (Å²) in [5.41, 5.74) is 0. The van der Waals surface area contributed by atoms with Crippen LogP contribution in [0.15, 0.2) is 0 Å². The minimum atomic E-state index is -1.35. The predicted molar refractivity (Wildman–Crippen MR) is 72.6 cm³/mol. The molecule has 1 aliphatic heterocycles. The number of aliphatic carboxylic acids is 1. The van der Waals surface area contributed by atoms with Crippen LogP contribution < -0.4 is 5.32 Å². The van der Waals surface area contributed by atoms with Crippen molar-refractivity contribution in [3.05, 3.63) is 0 Å². The molecule has 1 aliphatic rings. The second-order valence-electron chi connectivity index (χ2n) is 5.02. The molecule has 2 atom stereocenters. The van der Waals surface area contributed by atoms with Crippen molar-refractivity contribution in [1.82, 2.24) is 10.2 Å². The van der Waals surface area contributed by atoms with Gasteiger partial charge in [0, 0.05) is 13.1 Å². The lowest BCUT2D eigenvalue weighted by Gasteiger charge is -2.32. The van der Waals surface area contributed by atoms with E-state index in [0.29, 0.717) is 32.5 Å². The molecule has 1 fully saturated rings. The Morgan fingerprint density at radius 2 is 1.90 bits per heavy atom. The Hall–Kier alpha value is -1.83. The van der Waals surface area contributed by atoms with Crippen LogP contribution in [0.25, 0.3) is 0 Å². The molecule has 2 unspecified atom stereocenters. The Kier molecular flexibility index (Phi) is 6.41. The molecule has 1 saturated heterocycles. The molecule has 0 spiro atoms. The van der Waals surface area contributed by atoms with E-state index in [9.17, 15) is 19.5 Å². The number of esters is 1. The first kappa shape index (κ1) is 17.2. The van der Waals surface area contributed by atoms with Gasteiger partial charge in [-0.25, -0.2) is 9.59 Å². The molecule has 120 valence electrons. The molecule has 1 heterocycles. The van der Waals surface area contributed by atoms with Crippen molar-refractivity contribution in [2.45, 2.75) is 38.8 Å². The number of nitrogens with zero attached hydrogens (tertiary/aromatic N) is 1. The predicted octanol–water partition coefficient (Wildman–Crippen LogP) is -0.195. The molecule has 0 aromatic carbocycles. The number of rotatable bonds is 5. The maximum Gasteiger partial charge on any atom is 0.328 e. The minimum Gasteiger partial charge on any atom is -0.480 e. The summed E-state index contributed by atoms with van der Waals surface area (Å²) in [4.78, 5) is 35.9. The maximum atomic E-state index is 11.9. The summed E-state index contributed by atoms with van der Waals surface area (Å²) < 4.78 is 4.94. The third-order valence-electron chi connectivity index (χ3n) is 3.43. The number of carbonyl (C=O) groups is 3. The van der Waals surface area contributed by atoms with Gasteiger partial charge in [-0.3, -0.25) is 4.79 Å². The number of ether oxygens (including phenoxy) is 1. The third kappa shape index (κ3) is 4.89. The lowest BCUT2D eigenvalue weighted by atomic mass is 9.97. The van der Waals surface area contributed by atoms with Gasteiger partial charge >= 0.3 is 18.0 Å². The second kappa shape index (κ2) is 7.82. The summed E-state index contributed by atoms with van der Waals surface area (Å²) in [5, 5.41) is 20.5. The van der Waals surface area contributed by atoms with Gasteiger partial charge in [0.1, 0.15) is 0 Å². The van der Waals surface area contributed by atoms with Gasteiger partial charge in [-0.2, -0.15) is 0 Å². The van der Waals surface area contributed by atoms with Crippen LogP contribution in [0.5, 0.6) is 0 Å². The topological polar surface area (TPSA) is 116 Å². The Morgan fingerprint density at radius 1 is 1.33 bits per heavy atom. The van der Waals surface area contributed by atoms with E-state index in [-0.39, 0.29) is 11.9 Å². The van der Waals surface area contributed by atoms with Gasteiger partial charge in [0.05, 0.1) is 18.6 Å². The number of amides is 2. The number of aliphatic hydroxyl groups is 1. The highest BCUT2D eigenvalue weighted by atomic mass is 16.5. The van der Waals surface area contributed by atoms with Crippen molar-refractivity contribution in [2.75, 3.05) is 19.7 Å². The molecule has 1 rings (SSSR count). The molecular formula is C13H22N2O6. The Labute approximate surface area is 123 Å². The van der Waals surface area contributed by atoms with Gasteiger partial charge in [0.25, 0.3) is 0 Å². The van der Waals surface area contributed by atoms with Crippen LogP contribution in [-0.2, 0) is 14.3 Å². The molecule has 8 nitrogen and oxygen atoms in total. The molecule has 8 heteroatoms.